The predicted octanol–water partition coefficient (Wildman–Crippen LogP) is 5.77. The molecule has 0 saturated carbocycles. The highest BCUT2D eigenvalue weighted by molar-refractivity contribution is 7.99. The van der Waals surface area contributed by atoms with E-state index < -0.39 is 0 Å². The number of thioether (sulfide) groups is 1. The molecule has 0 aliphatic carbocycles. The monoisotopic (exact) mass is 433 g/mol. The van der Waals surface area contributed by atoms with Crippen LogP contribution in [0.5, 0.6) is 0 Å². The first-order valence-electron chi connectivity index (χ1n) is 9.80. The normalized spacial score (nSPS) is 11.0. The second-order valence-electron chi connectivity index (χ2n) is 7.20. The molecule has 1 amide bonds. The highest BCUT2D eigenvalue weighted by Crippen LogP contribution is 2.32. The molecule has 0 aliphatic rings. The first-order chi connectivity index (χ1) is 14.6. The summed E-state index contributed by atoms with van der Waals surface area (Å²) in [4.78, 5) is 24.2. The zero-order valence-electron chi connectivity index (χ0n) is 17.0. The number of fused-ring (bicyclic) bond motifs is 1. The van der Waals surface area contributed by atoms with Crippen LogP contribution in [0.2, 0.25) is 0 Å². The van der Waals surface area contributed by atoms with Crippen molar-refractivity contribution >= 4 is 44.4 Å². The molecule has 152 valence electrons. The minimum absolute atomic E-state index is 0.0509. The molecule has 0 radical (unpaired) electrons. The van der Waals surface area contributed by atoms with Gasteiger partial charge in [0.25, 0.3) is 0 Å². The third-order valence-corrected chi connectivity index (χ3v) is 6.75. The van der Waals surface area contributed by atoms with Crippen molar-refractivity contribution < 1.29 is 4.79 Å². The summed E-state index contributed by atoms with van der Waals surface area (Å²) in [6, 6.07) is 20.3. The molecule has 0 spiro atoms. The van der Waals surface area contributed by atoms with Crippen LogP contribution in [-0.4, -0.2) is 21.6 Å². The molecule has 0 unspecified atom stereocenters. The van der Waals surface area contributed by atoms with Crippen molar-refractivity contribution in [2.24, 2.45) is 0 Å². The van der Waals surface area contributed by atoms with Gasteiger partial charge >= 0.3 is 0 Å². The molecule has 0 aliphatic heterocycles. The number of benzene rings is 2. The van der Waals surface area contributed by atoms with Crippen LogP contribution in [0, 0.1) is 13.8 Å². The van der Waals surface area contributed by atoms with Crippen LogP contribution in [0.15, 0.2) is 66.9 Å². The third-order valence-electron chi connectivity index (χ3n) is 4.73. The molecule has 0 fully saturated rings. The lowest BCUT2D eigenvalue weighted by molar-refractivity contribution is -0.116. The van der Waals surface area contributed by atoms with E-state index in [4.69, 9.17) is 4.98 Å². The molecule has 2 heterocycles. The number of carbonyl (C=O) groups is 1. The lowest BCUT2D eigenvalue weighted by Crippen LogP contribution is -2.32. The Morgan fingerprint density at radius 2 is 1.87 bits per heavy atom. The molecule has 0 bridgehead atoms. The van der Waals surface area contributed by atoms with E-state index in [-0.39, 0.29) is 5.91 Å². The van der Waals surface area contributed by atoms with Crippen molar-refractivity contribution in [3.63, 3.8) is 0 Å². The molecule has 6 heteroatoms. The summed E-state index contributed by atoms with van der Waals surface area (Å²) in [5.74, 6) is 1.26. The maximum atomic E-state index is 13.2. The Hall–Kier alpha value is -2.70. The van der Waals surface area contributed by atoms with Crippen LogP contribution in [-0.2, 0) is 17.1 Å². The number of aromatic nitrogens is 2. The van der Waals surface area contributed by atoms with Crippen LogP contribution in [0.3, 0.4) is 0 Å². The maximum absolute atomic E-state index is 13.2. The van der Waals surface area contributed by atoms with E-state index in [1.54, 1.807) is 34.2 Å². The zero-order valence-corrected chi connectivity index (χ0v) is 18.7. The minimum atomic E-state index is 0.0509. The van der Waals surface area contributed by atoms with Crippen LogP contribution in [0.1, 0.15) is 22.4 Å². The Kier molecular flexibility index (Phi) is 6.45. The molecule has 4 aromatic rings. The molecule has 0 saturated heterocycles. The molecular weight excluding hydrogens is 410 g/mol. The van der Waals surface area contributed by atoms with Crippen molar-refractivity contribution in [1.82, 2.24) is 9.97 Å². The van der Waals surface area contributed by atoms with Crippen molar-refractivity contribution in [2.75, 3.05) is 10.7 Å². The summed E-state index contributed by atoms with van der Waals surface area (Å²) in [7, 11) is 0. The summed E-state index contributed by atoms with van der Waals surface area (Å²) in [6.45, 7) is 4.58. The SMILES string of the molecule is Cc1cc(C)c2nc(N(Cc3ccccn3)C(=O)CSCc3ccccc3)sc2c1. The highest BCUT2D eigenvalue weighted by atomic mass is 32.2. The van der Waals surface area contributed by atoms with Crippen molar-refractivity contribution in [3.8, 4) is 0 Å². The number of hydrogen-bond acceptors (Lipinski definition) is 5. The number of amides is 1. The Labute approximate surface area is 185 Å². The van der Waals surface area contributed by atoms with Crippen molar-refractivity contribution in [1.29, 1.82) is 0 Å². The Morgan fingerprint density at radius 1 is 1.07 bits per heavy atom. The zero-order chi connectivity index (χ0) is 20.9. The lowest BCUT2D eigenvalue weighted by Gasteiger charge is -2.19. The van der Waals surface area contributed by atoms with Gasteiger partial charge in [-0.3, -0.25) is 14.7 Å². The lowest BCUT2D eigenvalue weighted by atomic mass is 10.1. The average Bonchev–Trinajstić information content (AvgIpc) is 3.17. The summed E-state index contributed by atoms with van der Waals surface area (Å²) in [5.41, 5.74) is 5.38. The average molecular weight is 434 g/mol. The number of thiazole rings is 1. The van der Waals surface area contributed by atoms with E-state index >= 15 is 0 Å². The fourth-order valence-electron chi connectivity index (χ4n) is 3.30. The fraction of sp³-hybridized carbons (Fsp3) is 0.208. The van der Waals surface area contributed by atoms with E-state index in [2.05, 4.69) is 43.1 Å². The van der Waals surface area contributed by atoms with E-state index in [0.29, 0.717) is 12.3 Å². The Balaban J connectivity index is 1.57. The number of nitrogens with zero attached hydrogens (tertiary/aromatic N) is 3. The van der Waals surface area contributed by atoms with E-state index in [9.17, 15) is 4.79 Å². The highest BCUT2D eigenvalue weighted by Gasteiger charge is 2.21. The number of pyridine rings is 1. The molecule has 0 N–H and O–H groups in total. The van der Waals surface area contributed by atoms with E-state index in [0.717, 1.165) is 32.4 Å². The summed E-state index contributed by atoms with van der Waals surface area (Å²) in [5, 5.41) is 0.731. The van der Waals surface area contributed by atoms with Gasteiger partial charge in [-0.1, -0.05) is 53.8 Å². The predicted molar refractivity (Wildman–Crippen MR) is 127 cm³/mol. The minimum Gasteiger partial charge on any atom is -0.281 e. The summed E-state index contributed by atoms with van der Waals surface area (Å²) < 4.78 is 1.11. The van der Waals surface area contributed by atoms with Gasteiger partial charge in [0.05, 0.1) is 28.2 Å². The number of hydrogen-bond donors (Lipinski definition) is 0. The van der Waals surface area contributed by atoms with Gasteiger partial charge in [-0.15, -0.1) is 11.8 Å². The van der Waals surface area contributed by atoms with Crippen molar-refractivity contribution in [3.05, 3.63) is 89.2 Å². The van der Waals surface area contributed by atoms with Crippen LogP contribution >= 0.6 is 23.1 Å². The van der Waals surface area contributed by atoms with Gasteiger partial charge in [-0.25, -0.2) is 4.98 Å². The second-order valence-corrected chi connectivity index (χ2v) is 9.20. The first-order valence-corrected chi connectivity index (χ1v) is 11.8. The summed E-state index contributed by atoms with van der Waals surface area (Å²) >= 11 is 3.19. The Morgan fingerprint density at radius 3 is 2.63 bits per heavy atom. The van der Waals surface area contributed by atoms with Crippen LogP contribution in [0.25, 0.3) is 10.2 Å². The van der Waals surface area contributed by atoms with E-state index in [1.165, 1.54) is 11.1 Å². The second kappa shape index (κ2) is 9.41. The van der Waals surface area contributed by atoms with Crippen LogP contribution < -0.4 is 4.90 Å². The van der Waals surface area contributed by atoms with E-state index in [1.807, 2.05) is 36.4 Å². The van der Waals surface area contributed by atoms with Crippen LogP contribution in [0.4, 0.5) is 5.13 Å². The van der Waals surface area contributed by atoms with Gasteiger partial charge in [-0.05, 0) is 48.7 Å². The fourth-order valence-corrected chi connectivity index (χ4v) is 5.32. The maximum Gasteiger partial charge on any atom is 0.239 e. The quantitative estimate of drug-likeness (QED) is 0.371. The molecule has 30 heavy (non-hydrogen) atoms. The molecule has 2 aromatic carbocycles. The molecule has 4 rings (SSSR count). The van der Waals surface area contributed by atoms with Gasteiger partial charge in [0.2, 0.25) is 5.91 Å². The Bertz CT molecular complexity index is 1140. The van der Waals surface area contributed by atoms with Gasteiger partial charge < -0.3 is 0 Å². The standard InChI is InChI=1S/C24H23N3OS2/c1-17-12-18(2)23-21(13-17)30-24(26-23)27(14-20-10-6-7-11-25-20)22(28)16-29-15-19-8-4-3-5-9-19/h3-13H,14-16H2,1-2H3. The third kappa shape index (κ3) is 4.89. The molecule has 0 atom stereocenters. The molecule has 2 aromatic heterocycles. The van der Waals surface area contributed by atoms with Gasteiger partial charge in [0.1, 0.15) is 0 Å². The topological polar surface area (TPSA) is 46.1 Å². The molecule has 4 nitrogen and oxygen atoms in total. The van der Waals surface area contributed by atoms with Crippen molar-refractivity contribution in [2.45, 2.75) is 26.1 Å². The van der Waals surface area contributed by atoms with Gasteiger partial charge in [0, 0.05) is 11.9 Å². The first kappa shape index (κ1) is 20.6. The summed E-state index contributed by atoms with van der Waals surface area (Å²) in [6.07, 6.45) is 1.76. The smallest absolute Gasteiger partial charge is 0.239 e. The number of anilines is 1. The number of aryl methyl sites for hydroxylation is 2. The number of rotatable bonds is 7. The largest absolute Gasteiger partial charge is 0.281 e. The number of carbonyl (C=O) groups excluding carboxylic acids is 1. The van der Waals surface area contributed by atoms with Gasteiger partial charge in [0.15, 0.2) is 5.13 Å². The molecular formula is C24H23N3OS2. The van der Waals surface area contributed by atoms with Gasteiger partial charge in [-0.2, -0.15) is 0 Å².